The minimum Gasteiger partial charge on any atom is -0.341 e. The van der Waals surface area contributed by atoms with Gasteiger partial charge >= 0.3 is 0 Å². The third-order valence-electron chi connectivity index (χ3n) is 3.99. The van der Waals surface area contributed by atoms with Crippen LogP contribution in [0.25, 0.3) is 0 Å². The zero-order valence-electron chi connectivity index (χ0n) is 13.7. The molecule has 0 aromatic heterocycles. The van der Waals surface area contributed by atoms with E-state index < -0.39 is 15.6 Å². The van der Waals surface area contributed by atoms with Crippen molar-refractivity contribution in [2.45, 2.75) is 32.2 Å². The normalized spacial score (nSPS) is 19.1. The molecule has 1 aromatic carbocycles. The van der Waals surface area contributed by atoms with Gasteiger partial charge in [0.25, 0.3) is 0 Å². The Hall–Kier alpha value is -1.47. The number of rotatable bonds is 5. The molecule has 5 nitrogen and oxygen atoms in total. The Balaban J connectivity index is 1.96. The molecule has 7 heteroatoms. The number of carbonyl (C=O) groups excluding carboxylic acids is 1. The Morgan fingerprint density at radius 3 is 2.52 bits per heavy atom. The molecule has 1 saturated heterocycles. The van der Waals surface area contributed by atoms with Crippen molar-refractivity contribution < 1.29 is 17.6 Å². The highest BCUT2D eigenvalue weighted by atomic mass is 32.2. The fourth-order valence-electron chi connectivity index (χ4n) is 3.04. The maximum Gasteiger partial charge on any atom is 0.243 e. The Kier molecular flexibility index (Phi) is 5.10. The minimum absolute atomic E-state index is 0.218. The van der Waals surface area contributed by atoms with Gasteiger partial charge in [-0.15, -0.1) is 0 Å². The van der Waals surface area contributed by atoms with Crippen LogP contribution in [0.5, 0.6) is 0 Å². The summed E-state index contributed by atoms with van der Waals surface area (Å²) in [5.41, 5.74) is -0.113. The zero-order valence-corrected chi connectivity index (χ0v) is 14.5. The van der Waals surface area contributed by atoms with Crippen LogP contribution in [-0.2, 0) is 21.2 Å². The van der Waals surface area contributed by atoms with Gasteiger partial charge in [-0.3, -0.25) is 4.79 Å². The molecule has 0 aliphatic carbocycles. The van der Waals surface area contributed by atoms with Gasteiger partial charge in [0.05, 0.1) is 6.26 Å². The van der Waals surface area contributed by atoms with Crippen molar-refractivity contribution in [3.05, 3.63) is 35.6 Å². The first-order valence-corrected chi connectivity index (χ1v) is 9.49. The summed E-state index contributed by atoms with van der Waals surface area (Å²) in [7, 11) is -3.46. The highest BCUT2D eigenvalue weighted by molar-refractivity contribution is 7.88. The standard InChI is InChI=1S/C16H23FN2O3S/c1-16(2,18-23(3,21)22)15(20)19-9-8-13(11-19)10-12-4-6-14(17)7-5-12/h4-7,13,18H,8-11H2,1-3H3/t13-/m0/s1. The van der Waals surface area contributed by atoms with Gasteiger partial charge in [-0.25, -0.2) is 17.5 Å². The molecule has 1 fully saturated rings. The quantitative estimate of drug-likeness (QED) is 0.883. The molecule has 0 unspecified atom stereocenters. The number of halogens is 1. The number of hydrogen-bond donors (Lipinski definition) is 1. The number of carbonyl (C=O) groups is 1. The fraction of sp³-hybridized carbons (Fsp3) is 0.562. The maximum absolute atomic E-state index is 12.9. The monoisotopic (exact) mass is 342 g/mol. The van der Waals surface area contributed by atoms with E-state index in [1.54, 1.807) is 30.9 Å². The van der Waals surface area contributed by atoms with Crippen LogP contribution in [0.1, 0.15) is 25.8 Å². The first-order valence-electron chi connectivity index (χ1n) is 7.59. The molecule has 1 atom stereocenters. The van der Waals surface area contributed by atoms with Crippen molar-refractivity contribution in [1.29, 1.82) is 0 Å². The zero-order chi connectivity index (χ0) is 17.3. The van der Waals surface area contributed by atoms with Crippen LogP contribution in [0.2, 0.25) is 0 Å². The summed E-state index contributed by atoms with van der Waals surface area (Å²) in [6, 6.07) is 6.39. The molecule has 1 amide bonds. The second-order valence-corrected chi connectivity index (χ2v) is 8.48. The van der Waals surface area contributed by atoms with Crippen molar-refractivity contribution in [1.82, 2.24) is 9.62 Å². The summed E-state index contributed by atoms with van der Waals surface area (Å²) in [5.74, 6) is -0.173. The summed E-state index contributed by atoms with van der Waals surface area (Å²) in [4.78, 5) is 14.2. The van der Waals surface area contributed by atoms with Crippen LogP contribution in [0.3, 0.4) is 0 Å². The van der Waals surface area contributed by atoms with Crippen LogP contribution in [0.15, 0.2) is 24.3 Å². The second kappa shape index (κ2) is 6.57. The molecule has 23 heavy (non-hydrogen) atoms. The summed E-state index contributed by atoms with van der Waals surface area (Å²) in [6.45, 7) is 4.35. The SMILES string of the molecule is CC(C)(NS(C)(=O)=O)C(=O)N1CC[C@@H](Cc2ccc(F)cc2)C1. The van der Waals surface area contributed by atoms with E-state index in [2.05, 4.69) is 4.72 Å². The van der Waals surface area contributed by atoms with Gasteiger partial charge in [-0.1, -0.05) is 12.1 Å². The van der Waals surface area contributed by atoms with Crippen LogP contribution in [-0.4, -0.2) is 44.1 Å². The Bertz CT molecular complexity index is 671. The van der Waals surface area contributed by atoms with Crippen molar-refractivity contribution in [3.8, 4) is 0 Å². The van der Waals surface area contributed by atoms with Crippen molar-refractivity contribution in [3.63, 3.8) is 0 Å². The van der Waals surface area contributed by atoms with Gasteiger partial charge in [0.2, 0.25) is 15.9 Å². The van der Waals surface area contributed by atoms with E-state index in [1.165, 1.54) is 12.1 Å². The summed E-state index contributed by atoms with van der Waals surface area (Å²) in [6.07, 6.45) is 2.69. The van der Waals surface area contributed by atoms with E-state index in [4.69, 9.17) is 0 Å². The lowest BCUT2D eigenvalue weighted by Crippen LogP contribution is -2.55. The fourth-order valence-corrected chi connectivity index (χ4v) is 4.05. The molecule has 128 valence electrons. The highest BCUT2D eigenvalue weighted by Crippen LogP contribution is 2.23. The molecule has 0 spiro atoms. The molecule has 1 heterocycles. The lowest BCUT2D eigenvalue weighted by atomic mass is 9.98. The molecule has 1 aromatic rings. The number of sulfonamides is 1. The van der Waals surface area contributed by atoms with Gasteiger partial charge in [0.1, 0.15) is 11.4 Å². The second-order valence-electron chi connectivity index (χ2n) is 6.74. The van der Waals surface area contributed by atoms with E-state index in [0.717, 1.165) is 24.7 Å². The average molecular weight is 342 g/mol. The lowest BCUT2D eigenvalue weighted by molar-refractivity contribution is -0.135. The number of benzene rings is 1. The van der Waals surface area contributed by atoms with E-state index in [9.17, 15) is 17.6 Å². The van der Waals surface area contributed by atoms with Gasteiger partial charge in [-0.2, -0.15) is 0 Å². The molecule has 1 aliphatic heterocycles. The van der Waals surface area contributed by atoms with Gasteiger partial charge in [0, 0.05) is 13.1 Å². The maximum atomic E-state index is 12.9. The number of nitrogens with zero attached hydrogens (tertiary/aromatic N) is 1. The average Bonchev–Trinajstić information content (AvgIpc) is 2.86. The van der Waals surface area contributed by atoms with Gasteiger partial charge < -0.3 is 4.90 Å². The topological polar surface area (TPSA) is 66.5 Å². The Labute approximate surface area is 136 Å². The summed E-state index contributed by atoms with van der Waals surface area (Å²) < 4.78 is 38.1. The molecule has 2 rings (SSSR count). The van der Waals surface area contributed by atoms with E-state index in [0.29, 0.717) is 19.0 Å². The third-order valence-corrected chi connectivity index (χ3v) is 4.87. The van der Waals surface area contributed by atoms with Crippen molar-refractivity contribution in [2.24, 2.45) is 5.92 Å². The first-order chi connectivity index (χ1) is 10.6. The molecular formula is C16H23FN2O3S. The first kappa shape index (κ1) is 17.9. The Morgan fingerprint density at radius 1 is 1.35 bits per heavy atom. The van der Waals surface area contributed by atoms with Crippen molar-refractivity contribution >= 4 is 15.9 Å². The van der Waals surface area contributed by atoms with Crippen LogP contribution >= 0.6 is 0 Å². The number of hydrogen-bond acceptors (Lipinski definition) is 3. The molecule has 0 radical (unpaired) electrons. The number of nitrogens with one attached hydrogen (secondary N) is 1. The van der Waals surface area contributed by atoms with E-state index in [1.807, 2.05) is 0 Å². The van der Waals surface area contributed by atoms with Gasteiger partial charge in [0.15, 0.2) is 0 Å². The molecule has 1 N–H and O–H groups in total. The predicted octanol–water partition coefficient (Wildman–Crippen LogP) is 1.54. The highest BCUT2D eigenvalue weighted by Gasteiger charge is 2.37. The smallest absolute Gasteiger partial charge is 0.243 e. The predicted molar refractivity (Wildman–Crippen MR) is 86.8 cm³/mol. The minimum atomic E-state index is -3.46. The summed E-state index contributed by atoms with van der Waals surface area (Å²) >= 11 is 0. The van der Waals surface area contributed by atoms with Crippen molar-refractivity contribution in [2.75, 3.05) is 19.3 Å². The number of amides is 1. The van der Waals surface area contributed by atoms with Crippen LogP contribution in [0, 0.1) is 11.7 Å². The Morgan fingerprint density at radius 2 is 1.96 bits per heavy atom. The molecular weight excluding hydrogens is 319 g/mol. The van der Waals surface area contributed by atoms with E-state index >= 15 is 0 Å². The van der Waals surface area contributed by atoms with Crippen LogP contribution < -0.4 is 4.72 Å². The van der Waals surface area contributed by atoms with Crippen LogP contribution in [0.4, 0.5) is 4.39 Å². The van der Waals surface area contributed by atoms with Gasteiger partial charge in [-0.05, 0) is 50.3 Å². The largest absolute Gasteiger partial charge is 0.341 e. The summed E-state index contributed by atoms with van der Waals surface area (Å²) in [5, 5.41) is 0. The molecule has 0 saturated carbocycles. The number of likely N-dealkylation sites (tertiary alicyclic amines) is 1. The molecule has 1 aliphatic rings. The lowest BCUT2D eigenvalue weighted by Gasteiger charge is -2.29. The van der Waals surface area contributed by atoms with E-state index in [-0.39, 0.29) is 11.7 Å². The molecule has 0 bridgehead atoms. The third kappa shape index (κ3) is 5.00.